The predicted octanol–water partition coefficient (Wildman–Crippen LogP) is 2.67. The lowest BCUT2D eigenvalue weighted by Gasteiger charge is -2.11. The van der Waals surface area contributed by atoms with E-state index in [1.54, 1.807) is 13.3 Å². The van der Waals surface area contributed by atoms with Crippen molar-refractivity contribution in [2.24, 2.45) is 0 Å². The van der Waals surface area contributed by atoms with E-state index in [-0.39, 0.29) is 0 Å². The molecule has 2 aromatic rings. The number of hydrogen-bond donors (Lipinski definition) is 1. The van der Waals surface area contributed by atoms with Gasteiger partial charge in [0.05, 0.1) is 13.2 Å². The van der Waals surface area contributed by atoms with Gasteiger partial charge in [0.1, 0.15) is 5.75 Å². The fourth-order valence-corrected chi connectivity index (χ4v) is 1.78. The number of aryl methyl sites for hydroxylation is 1. The molecule has 0 fully saturated rings. The number of nitrogens with zero attached hydrogens (tertiary/aromatic N) is 1. The summed E-state index contributed by atoms with van der Waals surface area (Å²) in [4.78, 5) is 4.19. The van der Waals surface area contributed by atoms with Gasteiger partial charge in [-0.2, -0.15) is 0 Å². The van der Waals surface area contributed by atoms with Crippen LogP contribution in [0.3, 0.4) is 0 Å². The molecule has 1 aromatic heterocycles. The van der Waals surface area contributed by atoms with E-state index in [0.29, 0.717) is 6.42 Å². The van der Waals surface area contributed by atoms with E-state index < -0.39 is 6.10 Å². The number of hydrogen-bond acceptors (Lipinski definition) is 3. The van der Waals surface area contributed by atoms with Crippen LogP contribution in [0.1, 0.15) is 22.9 Å². The Balaban J connectivity index is 2.05. The molecule has 3 heteroatoms. The first-order valence-corrected chi connectivity index (χ1v) is 5.92. The zero-order valence-electron chi connectivity index (χ0n) is 10.6. The Morgan fingerprint density at radius 2 is 1.89 bits per heavy atom. The monoisotopic (exact) mass is 243 g/mol. The molecule has 0 amide bonds. The second kappa shape index (κ2) is 5.65. The summed E-state index contributed by atoms with van der Waals surface area (Å²) in [6.45, 7) is 1.93. The molecule has 1 atom stereocenters. The van der Waals surface area contributed by atoms with E-state index in [9.17, 15) is 5.11 Å². The van der Waals surface area contributed by atoms with Gasteiger partial charge in [0.2, 0.25) is 0 Å². The summed E-state index contributed by atoms with van der Waals surface area (Å²) in [6, 6.07) is 11.5. The standard InChI is InChI=1S/C15H17NO2/c1-11-3-6-13(10-16-11)15(17)9-12-4-7-14(18-2)8-5-12/h3-8,10,15,17H,9H2,1-2H3. The molecule has 0 aliphatic heterocycles. The summed E-state index contributed by atoms with van der Waals surface area (Å²) in [5.74, 6) is 0.824. The van der Waals surface area contributed by atoms with Crippen molar-refractivity contribution in [1.82, 2.24) is 4.98 Å². The molecule has 18 heavy (non-hydrogen) atoms. The number of aromatic nitrogens is 1. The summed E-state index contributed by atoms with van der Waals surface area (Å²) in [7, 11) is 1.64. The molecule has 0 aliphatic rings. The molecule has 1 aromatic carbocycles. The lowest BCUT2D eigenvalue weighted by molar-refractivity contribution is 0.178. The van der Waals surface area contributed by atoms with E-state index in [0.717, 1.165) is 22.6 Å². The van der Waals surface area contributed by atoms with Crippen LogP contribution >= 0.6 is 0 Å². The SMILES string of the molecule is COc1ccc(CC(O)c2ccc(C)nc2)cc1. The van der Waals surface area contributed by atoms with E-state index in [1.165, 1.54) is 0 Å². The van der Waals surface area contributed by atoms with Crippen molar-refractivity contribution in [1.29, 1.82) is 0 Å². The van der Waals surface area contributed by atoms with Crippen LogP contribution in [0.15, 0.2) is 42.6 Å². The summed E-state index contributed by atoms with van der Waals surface area (Å²) in [5.41, 5.74) is 2.87. The van der Waals surface area contributed by atoms with E-state index in [4.69, 9.17) is 4.74 Å². The molecule has 1 heterocycles. The van der Waals surface area contributed by atoms with Crippen LogP contribution in [-0.4, -0.2) is 17.2 Å². The molecular formula is C15H17NO2. The topological polar surface area (TPSA) is 42.4 Å². The van der Waals surface area contributed by atoms with Crippen molar-refractivity contribution in [2.75, 3.05) is 7.11 Å². The minimum atomic E-state index is -0.522. The van der Waals surface area contributed by atoms with Gasteiger partial charge in [-0.15, -0.1) is 0 Å². The lowest BCUT2D eigenvalue weighted by atomic mass is 10.0. The molecule has 94 valence electrons. The number of pyridine rings is 1. The van der Waals surface area contributed by atoms with Crippen molar-refractivity contribution >= 4 is 0 Å². The third-order valence-electron chi connectivity index (χ3n) is 2.91. The van der Waals surface area contributed by atoms with Gasteiger partial charge >= 0.3 is 0 Å². The Labute approximate surface area is 107 Å². The van der Waals surface area contributed by atoms with Gasteiger partial charge in [-0.05, 0) is 36.2 Å². The molecule has 1 N–H and O–H groups in total. The van der Waals surface area contributed by atoms with Gasteiger partial charge in [-0.1, -0.05) is 18.2 Å². The van der Waals surface area contributed by atoms with Crippen LogP contribution in [0.2, 0.25) is 0 Å². The Morgan fingerprint density at radius 3 is 2.44 bits per heavy atom. The second-order valence-electron chi connectivity index (χ2n) is 4.30. The highest BCUT2D eigenvalue weighted by Crippen LogP contribution is 2.19. The second-order valence-corrected chi connectivity index (χ2v) is 4.30. The van der Waals surface area contributed by atoms with Gasteiger partial charge in [-0.25, -0.2) is 0 Å². The van der Waals surface area contributed by atoms with Crippen LogP contribution in [0.25, 0.3) is 0 Å². The Morgan fingerprint density at radius 1 is 1.17 bits per heavy atom. The van der Waals surface area contributed by atoms with Crippen LogP contribution in [0, 0.1) is 6.92 Å². The molecule has 0 radical (unpaired) electrons. The molecule has 0 bridgehead atoms. The van der Waals surface area contributed by atoms with Crippen molar-refractivity contribution in [2.45, 2.75) is 19.4 Å². The minimum Gasteiger partial charge on any atom is -0.497 e. The number of aliphatic hydroxyl groups is 1. The van der Waals surface area contributed by atoms with Crippen LogP contribution in [-0.2, 0) is 6.42 Å². The molecule has 3 nitrogen and oxygen atoms in total. The lowest BCUT2D eigenvalue weighted by Crippen LogP contribution is -2.02. The van der Waals surface area contributed by atoms with Crippen molar-refractivity contribution in [3.05, 3.63) is 59.4 Å². The fourth-order valence-electron chi connectivity index (χ4n) is 1.78. The maximum Gasteiger partial charge on any atom is 0.118 e. The van der Waals surface area contributed by atoms with Crippen LogP contribution in [0.4, 0.5) is 0 Å². The number of aliphatic hydroxyl groups excluding tert-OH is 1. The number of ether oxygens (including phenoxy) is 1. The van der Waals surface area contributed by atoms with Crippen molar-refractivity contribution in [3.8, 4) is 5.75 Å². The highest BCUT2D eigenvalue weighted by atomic mass is 16.5. The van der Waals surface area contributed by atoms with Crippen LogP contribution in [0.5, 0.6) is 5.75 Å². The Bertz CT molecular complexity index is 491. The molecule has 0 aliphatic carbocycles. The van der Waals surface area contributed by atoms with Gasteiger partial charge in [-0.3, -0.25) is 4.98 Å². The van der Waals surface area contributed by atoms with Crippen molar-refractivity contribution < 1.29 is 9.84 Å². The highest BCUT2D eigenvalue weighted by molar-refractivity contribution is 5.28. The number of methoxy groups -OCH3 is 1. The third kappa shape index (κ3) is 3.08. The summed E-state index contributed by atoms with van der Waals surface area (Å²) >= 11 is 0. The van der Waals surface area contributed by atoms with Gasteiger partial charge in [0, 0.05) is 18.3 Å². The predicted molar refractivity (Wildman–Crippen MR) is 70.6 cm³/mol. The zero-order valence-corrected chi connectivity index (χ0v) is 10.6. The van der Waals surface area contributed by atoms with Gasteiger partial charge < -0.3 is 9.84 Å². The largest absolute Gasteiger partial charge is 0.497 e. The average Bonchev–Trinajstić information content (AvgIpc) is 2.40. The molecule has 0 saturated heterocycles. The summed E-state index contributed by atoms with van der Waals surface area (Å²) in [5, 5.41) is 10.1. The first kappa shape index (κ1) is 12.6. The molecular weight excluding hydrogens is 226 g/mol. The number of benzene rings is 1. The van der Waals surface area contributed by atoms with E-state index in [1.807, 2.05) is 43.3 Å². The van der Waals surface area contributed by atoms with E-state index in [2.05, 4.69) is 4.98 Å². The minimum absolute atomic E-state index is 0.522. The summed E-state index contributed by atoms with van der Waals surface area (Å²) < 4.78 is 5.10. The third-order valence-corrected chi connectivity index (χ3v) is 2.91. The fraction of sp³-hybridized carbons (Fsp3) is 0.267. The molecule has 1 unspecified atom stereocenters. The summed E-state index contributed by atoms with van der Waals surface area (Å²) in [6.07, 6.45) is 1.78. The Hall–Kier alpha value is -1.87. The molecule has 0 spiro atoms. The molecule has 0 saturated carbocycles. The highest BCUT2D eigenvalue weighted by Gasteiger charge is 2.08. The molecule has 2 rings (SSSR count). The van der Waals surface area contributed by atoms with Gasteiger partial charge in [0.15, 0.2) is 0 Å². The van der Waals surface area contributed by atoms with Gasteiger partial charge in [0.25, 0.3) is 0 Å². The number of rotatable bonds is 4. The maximum absolute atomic E-state index is 10.1. The van der Waals surface area contributed by atoms with Crippen molar-refractivity contribution in [3.63, 3.8) is 0 Å². The average molecular weight is 243 g/mol. The van der Waals surface area contributed by atoms with E-state index >= 15 is 0 Å². The first-order chi connectivity index (χ1) is 8.69. The zero-order chi connectivity index (χ0) is 13.0. The normalized spacial score (nSPS) is 12.2. The maximum atomic E-state index is 10.1. The quantitative estimate of drug-likeness (QED) is 0.897. The Kier molecular flexibility index (Phi) is 3.95. The van der Waals surface area contributed by atoms with Crippen LogP contribution < -0.4 is 4.74 Å². The first-order valence-electron chi connectivity index (χ1n) is 5.92. The smallest absolute Gasteiger partial charge is 0.118 e.